The Hall–Kier alpha value is -2.34. The monoisotopic (exact) mass is 375 g/mol. The van der Waals surface area contributed by atoms with E-state index in [-0.39, 0.29) is 18.4 Å². The van der Waals surface area contributed by atoms with E-state index in [1.54, 1.807) is 10.9 Å². The molecule has 0 aliphatic heterocycles. The Kier molecular flexibility index (Phi) is 5.32. The van der Waals surface area contributed by atoms with Crippen molar-refractivity contribution in [3.8, 4) is 5.69 Å². The quantitative estimate of drug-likeness (QED) is 0.772. The van der Waals surface area contributed by atoms with E-state index >= 15 is 0 Å². The van der Waals surface area contributed by atoms with Gasteiger partial charge < -0.3 is 10.4 Å². The summed E-state index contributed by atoms with van der Waals surface area (Å²) in [7, 11) is 0. The maximum atomic E-state index is 12.7. The van der Waals surface area contributed by atoms with Crippen molar-refractivity contribution in [2.24, 2.45) is 0 Å². The van der Waals surface area contributed by atoms with Crippen molar-refractivity contribution in [2.45, 2.75) is 51.5 Å². The second kappa shape index (κ2) is 7.50. The lowest BCUT2D eigenvalue weighted by Crippen LogP contribution is -2.33. The number of amides is 1. The van der Waals surface area contributed by atoms with Crippen LogP contribution in [0.1, 0.15) is 60.1 Å². The van der Waals surface area contributed by atoms with Crippen LogP contribution in [-0.2, 0) is 4.79 Å². The third kappa shape index (κ3) is 4.07. The molecule has 6 nitrogen and oxygen atoms in total. The second-order valence-corrected chi connectivity index (χ2v) is 7.28. The Morgan fingerprint density at radius 2 is 2.15 bits per heavy atom. The van der Waals surface area contributed by atoms with E-state index in [1.807, 2.05) is 32.0 Å². The summed E-state index contributed by atoms with van der Waals surface area (Å²) in [5.74, 6) is -0.768. The number of carbonyl (C=O) groups is 2. The molecule has 3 rings (SSSR count). The zero-order chi connectivity index (χ0) is 18.8. The van der Waals surface area contributed by atoms with Gasteiger partial charge in [0.25, 0.3) is 5.91 Å². The predicted octanol–water partition coefficient (Wildman–Crippen LogP) is 3.69. The van der Waals surface area contributed by atoms with Crippen molar-refractivity contribution in [3.05, 3.63) is 46.2 Å². The van der Waals surface area contributed by atoms with Crippen LogP contribution in [0.25, 0.3) is 5.69 Å². The maximum Gasteiger partial charge on any atom is 0.303 e. The van der Waals surface area contributed by atoms with Crippen molar-refractivity contribution in [3.63, 3.8) is 0 Å². The van der Waals surface area contributed by atoms with Gasteiger partial charge in [-0.15, -0.1) is 0 Å². The van der Waals surface area contributed by atoms with Gasteiger partial charge in [-0.05, 0) is 50.8 Å². The van der Waals surface area contributed by atoms with Gasteiger partial charge in [0.2, 0.25) is 0 Å². The van der Waals surface area contributed by atoms with E-state index < -0.39 is 5.97 Å². The number of carboxylic acids is 1. The van der Waals surface area contributed by atoms with Crippen LogP contribution < -0.4 is 5.32 Å². The molecular weight excluding hydrogens is 354 g/mol. The molecule has 0 spiro atoms. The zero-order valence-corrected chi connectivity index (χ0v) is 15.6. The largest absolute Gasteiger partial charge is 0.481 e. The number of aromatic nitrogens is 2. The van der Waals surface area contributed by atoms with Gasteiger partial charge >= 0.3 is 5.97 Å². The Balaban J connectivity index is 1.84. The van der Waals surface area contributed by atoms with Crippen LogP contribution in [0.2, 0.25) is 5.02 Å². The number of halogens is 1. The minimum atomic E-state index is -0.867. The number of nitrogens with one attached hydrogen (secondary N) is 1. The molecule has 1 heterocycles. The van der Waals surface area contributed by atoms with Gasteiger partial charge in [-0.3, -0.25) is 9.59 Å². The van der Waals surface area contributed by atoms with Crippen molar-refractivity contribution < 1.29 is 14.7 Å². The molecule has 2 N–H and O–H groups in total. The SMILES string of the molecule is Cc1ccc(-n2ncc(C(=O)NC(C)CCC(=O)O)c2C2CC2)cc1Cl. The minimum Gasteiger partial charge on any atom is -0.481 e. The summed E-state index contributed by atoms with van der Waals surface area (Å²) >= 11 is 6.24. The number of carboxylic acid groups (broad SMARTS) is 1. The highest BCUT2D eigenvalue weighted by atomic mass is 35.5. The van der Waals surface area contributed by atoms with Crippen LogP contribution in [0.4, 0.5) is 0 Å². The predicted molar refractivity (Wildman–Crippen MR) is 99.1 cm³/mol. The van der Waals surface area contributed by atoms with Gasteiger partial charge in [-0.2, -0.15) is 5.10 Å². The summed E-state index contributed by atoms with van der Waals surface area (Å²) < 4.78 is 1.79. The van der Waals surface area contributed by atoms with Gasteiger partial charge in [0.15, 0.2) is 0 Å². The molecule has 1 aliphatic carbocycles. The topological polar surface area (TPSA) is 84.2 Å². The molecule has 1 aliphatic rings. The second-order valence-electron chi connectivity index (χ2n) is 6.87. The smallest absolute Gasteiger partial charge is 0.303 e. The molecule has 7 heteroatoms. The van der Waals surface area contributed by atoms with Crippen molar-refractivity contribution in [1.82, 2.24) is 15.1 Å². The molecule has 0 radical (unpaired) electrons. The number of aryl methyl sites for hydroxylation is 1. The Morgan fingerprint density at radius 1 is 1.42 bits per heavy atom. The normalized spacial score (nSPS) is 14.9. The summed E-state index contributed by atoms with van der Waals surface area (Å²) in [6, 6.07) is 5.51. The number of aliphatic carboxylic acids is 1. The molecule has 1 atom stereocenters. The molecule has 26 heavy (non-hydrogen) atoms. The van der Waals surface area contributed by atoms with Gasteiger partial charge in [-0.1, -0.05) is 17.7 Å². The fourth-order valence-corrected chi connectivity index (χ4v) is 3.09. The van der Waals surface area contributed by atoms with Crippen LogP contribution in [0, 0.1) is 6.92 Å². The summed E-state index contributed by atoms with van der Waals surface area (Å²) in [4.78, 5) is 23.4. The molecular formula is C19H22ClN3O3. The van der Waals surface area contributed by atoms with Crippen LogP contribution in [0.5, 0.6) is 0 Å². The first kappa shape index (κ1) is 18.5. The number of hydrogen-bond acceptors (Lipinski definition) is 3. The summed E-state index contributed by atoms with van der Waals surface area (Å²) in [5.41, 5.74) is 3.26. The molecule has 1 saturated carbocycles. The zero-order valence-electron chi connectivity index (χ0n) is 14.8. The Labute approximate surface area is 157 Å². The molecule has 0 saturated heterocycles. The molecule has 1 amide bonds. The molecule has 1 fully saturated rings. The number of carbonyl (C=O) groups excluding carboxylic acids is 1. The molecule has 138 valence electrons. The highest BCUT2D eigenvalue weighted by molar-refractivity contribution is 6.31. The number of nitrogens with zero attached hydrogens (tertiary/aromatic N) is 2. The van der Waals surface area contributed by atoms with E-state index in [0.29, 0.717) is 22.9 Å². The van der Waals surface area contributed by atoms with E-state index in [0.717, 1.165) is 29.8 Å². The highest BCUT2D eigenvalue weighted by Crippen LogP contribution is 2.42. The maximum absolute atomic E-state index is 12.7. The first-order chi connectivity index (χ1) is 12.4. The first-order valence-corrected chi connectivity index (χ1v) is 9.11. The minimum absolute atomic E-state index is 0.0258. The van der Waals surface area contributed by atoms with E-state index in [2.05, 4.69) is 10.4 Å². The molecule has 1 unspecified atom stereocenters. The standard InChI is InChI=1S/C19H22ClN3O3/c1-11-3-7-14(9-16(11)20)23-18(13-5-6-13)15(10-21-23)19(26)22-12(2)4-8-17(24)25/h3,7,9-10,12-13H,4-6,8H2,1-2H3,(H,22,26)(H,24,25). The molecule has 1 aromatic carbocycles. The van der Waals surface area contributed by atoms with Crippen LogP contribution >= 0.6 is 11.6 Å². The van der Waals surface area contributed by atoms with Gasteiger partial charge in [0, 0.05) is 23.4 Å². The lowest BCUT2D eigenvalue weighted by atomic mass is 10.1. The summed E-state index contributed by atoms with van der Waals surface area (Å²) in [6.45, 7) is 3.75. The van der Waals surface area contributed by atoms with E-state index in [9.17, 15) is 9.59 Å². The van der Waals surface area contributed by atoms with E-state index in [1.165, 1.54) is 0 Å². The highest BCUT2D eigenvalue weighted by Gasteiger charge is 2.33. The van der Waals surface area contributed by atoms with Crippen molar-refractivity contribution in [2.75, 3.05) is 0 Å². The summed E-state index contributed by atoms with van der Waals surface area (Å²) in [6.07, 6.45) is 4.06. The third-order valence-electron chi connectivity index (χ3n) is 4.58. The Bertz CT molecular complexity index is 843. The van der Waals surface area contributed by atoms with Gasteiger partial charge in [-0.25, -0.2) is 4.68 Å². The first-order valence-electron chi connectivity index (χ1n) is 8.74. The molecule has 1 aromatic heterocycles. The molecule has 0 bridgehead atoms. The number of benzene rings is 1. The number of hydrogen-bond donors (Lipinski definition) is 2. The third-order valence-corrected chi connectivity index (χ3v) is 4.99. The summed E-state index contributed by atoms with van der Waals surface area (Å²) in [5, 5.41) is 16.7. The average Bonchev–Trinajstić information content (AvgIpc) is 3.33. The van der Waals surface area contributed by atoms with Gasteiger partial charge in [0.1, 0.15) is 0 Å². The van der Waals surface area contributed by atoms with Gasteiger partial charge in [0.05, 0.1) is 23.1 Å². The molecule has 2 aromatic rings. The van der Waals surface area contributed by atoms with Crippen LogP contribution in [0.15, 0.2) is 24.4 Å². The van der Waals surface area contributed by atoms with E-state index in [4.69, 9.17) is 16.7 Å². The fourth-order valence-electron chi connectivity index (χ4n) is 2.92. The van der Waals surface area contributed by atoms with Crippen LogP contribution in [0.3, 0.4) is 0 Å². The Morgan fingerprint density at radius 3 is 2.77 bits per heavy atom. The van der Waals surface area contributed by atoms with Crippen LogP contribution in [-0.4, -0.2) is 32.8 Å². The lowest BCUT2D eigenvalue weighted by Gasteiger charge is -2.14. The lowest BCUT2D eigenvalue weighted by molar-refractivity contribution is -0.137. The average molecular weight is 376 g/mol. The number of rotatable bonds is 7. The fraction of sp³-hybridized carbons (Fsp3) is 0.421. The van der Waals surface area contributed by atoms with Crippen molar-refractivity contribution in [1.29, 1.82) is 0 Å². The van der Waals surface area contributed by atoms with Crippen molar-refractivity contribution >= 4 is 23.5 Å².